The van der Waals surface area contributed by atoms with Gasteiger partial charge in [-0.15, -0.1) is 0 Å². The van der Waals surface area contributed by atoms with Crippen molar-refractivity contribution < 1.29 is 9.90 Å². The number of pyridine rings is 1. The second-order valence-corrected chi connectivity index (χ2v) is 4.37. The Hall–Kier alpha value is -2.36. The Morgan fingerprint density at radius 2 is 2.00 bits per heavy atom. The molecule has 0 spiro atoms. The van der Waals surface area contributed by atoms with E-state index in [2.05, 4.69) is 17.1 Å². The Morgan fingerprint density at radius 3 is 2.68 bits per heavy atom. The lowest BCUT2D eigenvalue weighted by molar-refractivity contribution is 0.0697. The van der Waals surface area contributed by atoms with Crippen molar-refractivity contribution in [1.82, 2.24) is 4.98 Å². The second-order valence-electron chi connectivity index (χ2n) is 4.37. The normalized spacial score (nSPS) is 10.2. The summed E-state index contributed by atoms with van der Waals surface area (Å²) in [7, 11) is 1.91. The molecule has 0 saturated carbocycles. The molecule has 0 aliphatic heterocycles. The van der Waals surface area contributed by atoms with Crippen LogP contribution in [0.4, 0.5) is 5.82 Å². The van der Waals surface area contributed by atoms with Crippen molar-refractivity contribution in [3.05, 3.63) is 59.8 Å². The van der Waals surface area contributed by atoms with Crippen LogP contribution in [-0.2, 0) is 6.42 Å². The van der Waals surface area contributed by atoms with Gasteiger partial charge in [-0.2, -0.15) is 0 Å². The average molecular weight is 256 g/mol. The fourth-order valence-corrected chi connectivity index (χ4v) is 1.82. The Balaban J connectivity index is 2.02. The topological polar surface area (TPSA) is 53.4 Å². The van der Waals surface area contributed by atoms with E-state index in [1.54, 1.807) is 6.07 Å². The van der Waals surface area contributed by atoms with Crippen LogP contribution in [0.2, 0.25) is 0 Å². The molecule has 4 heteroatoms. The molecule has 0 amide bonds. The summed E-state index contributed by atoms with van der Waals surface area (Å²) in [5.41, 5.74) is 1.51. The van der Waals surface area contributed by atoms with Crippen molar-refractivity contribution in [2.75, 3.05) is 18.5 Å². The summed E-state index contributed by atoms with van der Waals surface area (Å²) in [4.78, 5) is 17.1. The van der Waals surface area contributed by atoms with E-state index in [0.717, 1.165) is 13.0 Å². The van der Waals surface area contributed by atoms with Gasteiger partial charge in [0, 0.05) is 19.8 Å². The molecule has 1 aromatic heterocycles. The summed E-state index contributed by atoms with van der Waals surface area (Å²) in [6, 6.07) is 13.3. The smallest absolute Gasteiger partial charge is 0.335 e. The van der Waals surface area contributed by atoms with Crippen molar-refractivity contribution in [2.45, 2.75) is 6.42 Å². The number of carboxylic acid groups (broad SMARTS) is 1. The number of benzene rings is 1. The van der Waals surface area contributed by atoms with Crippen molar-refractivity contribution in [3.63, 3.8) is 0 Å². The first-order valence-corrected chi connectivity index (χ1v) is 6.11. The molecule has 2 rings (SSSR count). The largest absolute Gasteiger partial charge is 0.478 e. The zero-order chi connectivity index (χ0) is 13.7. The number of aromatic nitrogens is 1. The van der Waals surface area contributed by atoms with Gasteiger partial charge in [0.25, 0.3) is 0 Å². The van der Waals surface area contributed by atoms with Gasteiger partial charge in [-0.05, 0) is 24.1 Å². The molecule has 0 saturated heterocycles. The van der Waals surface area contributed by atoms with Gasteiger partial charge in [-0.1, -0.05) is 30.3 Å². The Bertz CT molecular complexity index is 555. The highest BCUT2D eigenvalue weighted by atomic mass is 16.4. The van der Waals surface area contributed by atoms with Gasteiger partial charge >= 0.3 is 5.97 Å². The minimum atomic E-state index is -0.930. The molecule has 0 fully saturated rings. The molecule has 0 unspecified atom stereocenters. The van der Waals surface area contributed by atoms with Crippen LogP contribution in [0, 0.1) is 0 Å². The molecular formula is C15H16N2O2. The highest BCUT2D eigenvalue weighted by molar-refractivity contribution is 5.88. The molecule has 1 heterocycles. The van der Waals surface area contributed by atoms with E-state index < -0.39 is 5.97 Å². The zero-order valence-corrected chi connectivity index (χ0v) is 10.8. The van der Waals surface area contributed by atoms with Crippen LogP contribution in [0.15, 0.2) is 48.7 Å². The van der Waals surface area contributed by atoms with E-state index in [4.69, 9.17) is 5.11 Å². The number of likely N-dealkylation sites (N-methyl/N-ethyl adjacent to an activating group) is 1. The molecule has 0 aliphatic rings. The predicted molar refractivity (Wildman–Crippen MR) is 74.6 cm³/mol. The van der Waals surface area contributed by atoms with Gasteiger partial charge < -0.3 is 10.0 Å². The molecule has 98 valence electrons. The van der Waals surface area contributed by atoms with Crippen LogP contribution in [0.25, 0.3) is 0 Å². The maximum Gasteiger partial charge on any atom is 0.335 e. The van der Waals surface area contributed by atoms with Gasteiger partial charge in [-0.3, -0.25) is 0 Å². The summed E-state index contributed by atoms with van der Waals surface area (Å²) >= 11 is 0. The number of rotatable bonds is 5. The second kappa shape index (κ2) is 6.00. The molecular weight excluding hydrogens is 240 g/mol. The SMILES string of the molecule is CN(CCc1ccccc1)c1cc(C(=O)O)ccn1. The summed E-state index contributed by atoms with van der Waals surface area (Å²) in [5, 5.41) is 8.95. The van der Waals surface area contributed by atoms with Gasteiger partial charge in [0.05, 0.1) is 5.56 Å². The number of anilines is 1. The molecule has 2 aromatic rings. The molecule has 1 N–H and O–H groups in total. The average Bonchev–Trinajstić information content (AvgIpc) is 2.46. The molecule has 0 aliphatic carbocycles. The number of carboxylic acids is 1. The zero-order valence-electron chi connectivity index (χ0n) is 10.8. The number of aromatic carboxylic acids is 1. The van der Waals surface area contributed by atoms with Crippen LogP contribution < -0.4 is 4.90 Å². The van der Waals surface area contributed by atoms with Gasteiger partial charge in [-0.25, -0.2) is 9.78 Å². The van der Waals surface area contributed by atoms with Gasteiger partial charge in [0.1, 0.15) is 5.82 Å². The number of hydrogen-bond acceptors (Lipinski definition) is 3. The summed E-state index contributed by atoms with van der Waals surface area (Å²) in [6.07, 6.45) is 2.42. The van der Waals surface area contributed by atoms with Crippen molar-refractivity contribution >= 4 is 11.8 Å². The third-order valence-corrected chi connectivity index (χ3v) is 2.96. The summed E-state index contributed by atoms with van der Waals surface area (Å²) in [6.45, 7) is 0.792. The first kappa shape index (κ1) is 13.1. The van der Waals surface area contributed by atoms with E-state index in [1.807, 2.05) is 30.1 Å². The van der Waals surface area contributed by atoms with E-state index in [9.17, 15) is 4.79 Å². The van der Waals surface area contributed by atoms with Crippen LogP contribution in [0.1, 0.15) is 15.9 Å². The van der Waals surface area contributed by atoms with Crippen LogP contribution in [-0.4, -0.2) is 29.7 Å². The van der Waals surface area contributed by atoms with Crippen LogP contribution >= 0.6 is 0 Å². The Kier molecular flexibility index (Phi) is 4.13. The molecule has 19 heavy (non-hydrogen) atoms. The van der Waals surface area contributed by atoms with Gasteiger partial charge in [0.15, 0.2) is 0 Å². The standard InChI is InChI=1S/C15H16N2O2/c1-17(10-8-12-5-3-2-4-6-12)14-11-13(15(18)19)7-9-16-14/h2-7,9,11H,8,10H2,1H3,(H,18,19). The third-order valence-electron chi connectivity index (χ3n) is 2.96. The highest BCUT2D eigenvalue weighted by Crippen LogP contribution is 2.12. The summed E-state index contributed by atoms with van der Waals surface area (Å²) < 4.78 is 0. The third kappa shape index (κ3) is 3.55. The monoisotopic (exact) mass is 256 g/mol. The predicted octanol–water partition coefficient (Wildman–Crippen LogP) is 2.46. The van der Waals surface area contributed by atoms with Crippen molar-refractivity contribution in [1.29, 1.82) is 0 Å². The number of hydrogen-bond donors (Lipinski definition) is 1. The maximum absolute atomic E-state index is 10.9. The van der Waals surface area contributed by atoms with Crippen LogP contribution in [0.5, 0.6) is 0 Å². The Morgan fingerprint density at radius 1 is 1.26 bits per heavy atom. The maximum atomic E-state index is 10.9. The lowest BCUT2D eigenvalue weighted by Crippen LogP contribution is -2.21. The molecule has 0 atom stereocenters. The van der Waals surface area contributed by atoms with Crippen LogP contribution in [0.3, 0.4) is 0 Å². The highest BCUT2D eigenvalue weighted by Gasteiger charge is 2.07. The summed E-state index contributed by atoms with van der Waals surface area (Å²) in [5.74, 6) is -0.254. The first-order chi connectivity index (χ1) is 9.16. The quantitative estimate of drug-likeness (QED) is 0.892. The molecule has 4 nitrogen and oxygen atoms in total. The van der Waals surface area contributed by atoms with Gasteiger partial charge in [0.2, 0.25) is 0 Å². The fraction of sp³-hybridized carbons (Fsp3) is 0.200. The molecule has 1 aromatic carbocycles. The molecule has 0 radical (unpaired) electrons. The minimum absolute atomic E-state index is 0.261. The first-order valence-electron chi connectivity index (χ1n) is 6.11. The fourth-order valence-electron chi connectivity index (χ4n) is 1.82. The number of carbonyl (C=O) groups is 1. The Labute approximate surface area is 112 Å². The molecule has 0 bridgehead atoms. The van der Waals surface area contributed by atoms with E-state index in [1.165, 1.54) is 17.8 Å². The lowest BCUT2D eigenvalue weighted by atomic mass is 10.1. The lowest BCUT2D eigenvalue weighted by Gasteiger charge is -2.18. The van der Waals surface area contributed by atoms with E-state index in [-0.39, 0.29) is 5.56 Å². The van der Waals surface area contributed by atoms with Crippen molar-refractivity contribution in [3.8, 4) is 0 Å². The minimum Gasteiger partial charge on any atom is -0.478 e. The van der Waals surface area contributed by atoms with E-state index in [0.29, 0.717) is 5.82 Å². The number of nitrogens with zero attached hydrogens (tertiary/aromatic N) is 2. The van der Waals surface area contributed by atoms with E-state index >= 15 is 0 Å². The van der Waals surface area contributed by atoms with Crippen molar-refractivity contribution in [2.24, 2.45) is 0 Å².